The molecule has 1 radical (unpaired) electrons. The zero-order valence-corrected chi connectivity index (χ0v) is 7.26. The van der Waals surface area contributed by atoms with Gasteiger partial charge >= 0.3 is 0 Å². The number of aromatic amines is 1. The first-order valence-electron chi connectivity index (χ1n) is 4.04. The first kappa shape index (κ1) is 7.41. The van der Waals surface area contributed by atoms with Crippen LogP contribution < -0.4 is 5.46 Å². The Labute approximate surface area is 73.7 Å². The van der Waals surface area contributed by atoms with Crippen LogP contribution in [0.15, 0.2) is 18.3 Å². The molecule has 0 fully saturated rings. The number of benzene rings is 1. The molecular weight excluding hydrogens is 147 g/mol. The number of fused-ring (bicyclic) bond motifs is 1. The van der Waals surface area contributed by atoms with Gasteiger partial charge in [0.2, 0.25) is 0 Å². The molecule has 0 unspecified atom stereocenters. The van der Waals surface area contributed by atoms with Gasteiger partial charge in [-0.25, -0.2) is 0 Å². The Morgan fingerprint density at radius 2 is 2.33 bits per heavy atom. The fourth-order valence-corrected chi connectivity index (χ4v) is 1.43. The number of H-pyrrole nitrogens is 1. The quantitative estimate of drug-likeness (QED) is 0.627. The van der Waals surface area contributed by atoms with Crippen LogP contribution in [0.5, 0.6) is 0 Å². The minimum atomic E-state index is 0. The predicted octanol–water partition coefficient (Wildman–Crippen LogP) is 1.49. The van der Waals surface area contributed by atoms with Gasteiger partial charge in [-0.3, -0.25) is 5.10 Å². The average molecular weight is 159 g/mol. The summed E-state index contributed by atoms with van der Waals surface area (Å²) in [5, 5.41) is 8.11. The van der Waals surface area contributed by atoms with E-state index in [-0.39, 0.29) is 1.43 Å². The molecule has 12 heavy (non-hydrogen) atoms. The molecular formula is C9H12BN2. The molecule has 0 bridgehead atoms. The van der Waals surface area contributed by atoms with Crippen LogP contribution >= 0.6 is 0 Å². The van der Waals surface area contributed by atoms with Crippen molar-refractivity contribution in [3.8, 4) is 0 Å². The fourth-order valence-electron chi connectivity index (χ4n) is 1.43. The molecule has 0 aliphatic rings. The molecule has 1 aromatic carbocycles. The van der Waals surface area contributed by atoms with E-state index in [1.807, 2.05) is 13.0 Å². The van der Waals surface area contributed by atoms with Crippen LogP contribution in [-0.4, -0.2) is 17.5 Å². The average Bonchev–Trinajstić information content (AvgIpc) is 2.49. The Morgan fingerprint density at radius 3 is 3.08 bits per heavy atom. The maximum Gasteiger partial charge on any atom is 0.148 e. The summed E-state index contributed by atoms with van der Waals surface area (Å²) in [6.07, 6.45) is 1.85. The number of nitrogens with zero attached hydrogens (tertiary/aromatic N) is 1. The maximum atomic E-state index is 3.98. The maximum absolute atomic E-state index is 3.98. The zero-order chi connectivity index (χ0) is 8.55. The van der Waals surface area contributed by atoms with Crippen molar-refractivity contribution in [3.05, 3.63) is 23.9 Å². The van der Waals surface area contributed by atoms with E-state index in [9.17, 15) is 0 Å². The lowest BCUT2D eigenvalue weighted by Gasteiger charge is -2.00. The molecule has 2 aromatic rings. The summed E-state index contributed by atoms with van der Waals surface area (Å²) in [6.45, 7) is 4.16. The summed E-state index contributed by atoms with van der Waals surface area (Å²) in [7, 11) is 2.11. The highest BCUT2D eigenvalue weighted by molar-refractivity contribution is 6.53. The van der Waals surface area contributed by atoms with E-state index in [4.69, 9.17) is 0 Å². The van der Waals surface area contributed by atoms with Crippen molar-refractivity contribution in [1.29, 1.82) is 0 Å². The largest absolute Gasteiger partial charge is 0.278 e. The van der Waals surface area contributed by atoms with E-state index >= 15 is 0 Å². The molecule has 1 aromatic heterocycles. The van der Waals surface area contributed by atoms with Gasteiger partial charge in [0.15, 0.2) is 0 Å². The molecule has 1 N–H and O–H groups in total. The minimum Gasteiger partial charge on any atom is -0.278 e. The van der Waals surface area contributed by atoms with Gasteiger partial charge in [0.05, 0.1) is 11.7 Å². The monoisotopic (exact) mass is 159 g/mol. The molecule has 3 heteroatoms. The van der Waals surface area contributed by atoms with E-state index in [0.717, 1.165) is 5.52 Å². The van der Waals surface area contributed by atoms with E-state index < -0.39 is 0 Å². The molecule has 0 saturated carbocycles. The van der Waals surface area contributed by atoms with Crippen molar-refractivity contribution in [2.45, 2.75) is 13.7 Å². The Hall–Kier alpha value is -1.25. The standard InChI is InChI=1S/C9H10BN2.H2/c1-6-3-7-5-11-12-9(7)4-8(6)10-2;/h3-5H,1-2H3,(H,11,12);1H. The first-order valence-corrected chi connectivity index (χ1v) is 4.04. The van der Waals surface area contributed by atoms with Crippen molar-refractivity contribution < 1.29 is 1.43 Å². The zero-order valence-electron chi connectivity index (χ0n) is 7.26. The highest BCUT2D eigenvalue weighted by Crippen LogP contribution is 2.09. The molecule has 0 amide bonds. The molecule has 0 aliphatic heterocycles. The minimum absolute atomic E-state index is 0. The molecule has 0 spiro atoms. The van der Waals surface area contributed by atoms with Crippen molar-refractivity contribution >= 4 is 23.6 Å². The topological polar surface area (TPSA) is 28.7 Å². The second-order valence-corrected chi connectivity index (χ2v) is 2.95. The normalized spacial score (nSPS) is 10.5. The fraction of sp³-hybridized carbons (Fsp3) is 0.222. The lowest BCUT2D eigenvalue weighted by Crippen LogP contribution is -2.13. The second kappa shape index (κ2) is 2.66. The Bertz CT molecular complexity index is 411. The Kier molecular flexibility index (Phi) is 1.64. The lowest BCUT2D eigenvalue weighted by atomic mass is 9.71. The van der Waals surface area contributed by atoms with Crippen LogP contribution in [0, 0.1) is 6.92 Å². The molecule has 1 heterocycles. The van der Waals surface area contributed by atoms with E-state index in [1.165, 1.54) is 16.4 Å². The van der Waals surface area contributed by atoms with Crippen molar-refractivity contribution in [1.82, 2.24) is 10.2 Å². The molecule has 0 aliphatic carbocycles. The second-order valence-electron chi connectivity index (χ2n) is 2.95. The summed E-state index contributed by atoms with van der Waals surface area (Å²) in [6, 6.07) is 4.27. The third-order valence-electron chi connectivity index (χ3n) is 2.14. The highest BCUT2D eigenvalue weighted by Gasteiger charge is 2.00. The number of rotatable bonds is 1. The molecule has 0 saturated heterocycles. The molecule has 2 rings (SSSR count). The first-order chi connectivity index (χ1) is 5.81. The van der Waals surface area contributed by atoms with E-state index in [1.54, 1.807) is 0 Å². The smallest absolute Gasteiger partial charge is 0.148 e. The van der Waals surface area contributed by atoms with Crippen LogP contribution in [0.4, 0.5) is 0 Å². The lowest BCUT2D eigenvalue weighted by molar-refractivity contribution is 1.12. The number of hydrogen-bond donors (Lipinski definition) is 1. The van der Waals surface area contributed by atoms with E-state index in [0.29, 0.717) is 0 Å². The third-order valence-corrected chi connectivity index (χ3v) is 2.14. The summed E-state index contributed by atoms with van der Waals surface area (Å²) < 4.78 is 0. The van der Waals surface area contributed by atoms with Gasteiger partial charge in [-0.2, -0.15) is 5.10 Å². The predicted molar refractivity (Wildman–Crippen MR) is 54.2 cm³/mol. The van der Waals surface area contributed by atoms with Gasteiger partial charge in [0.1, 0.15) is 7.28 Å². The van der Waals surface area contributed by atoms with Crippen molar-refractivity contribution in [3.63, 3.8) is 0 Å². The number of aryl methyl sites for hydroxylation is 1. The third kappa shape index (κ3) is 1.02. The van der Waals surface area contributed by atoms with Crippen LogP contribution in [0.25, 0.3) is 10.9 Å². The van der Waals surface area contributed by atoms with Gasteiger partial charge in [0, 0.05) is 6.81 Å². The van der Waals surface area contributed by atoms with Crippen LogP contribution in [0.2, 0.25) is 6.82 Å². The number of nitrogens with one attached hydrogen (secondary N) is 1. The molecule has 0 atom stereocenters. The number of aromatic nitrogens is 2. The van der Waals surface area contributed by atoms with Gasteiger partial charge in [-0.05, 0) is 19.1 Å². The Balaban J connectivity index is 0.000000845. The van der Waals surface area contributed by atoms with Crippen LogP contribution in [0.1, 0.15) is 6.99 Å². The molecule has 2 nitrogen and oxygen atoms in total. The summed E-state index contributed by atoms with van der Waals surface area (Å²) in [5.41, 5.74) is 3.67. The van der Waals surface area contributed by atoms with Gasteiger partial charge < -0.3 is 0 Å². The number of hydrogen-bond acceptors (Lipinski definition) is 1. The van der Waals surface area contributed by atoms with Crippen LogP contribution in [0.3, 0.4) is 0 Å². The van der Waals surface area contributed by atoms with Gasteiger partial charge in [-0.15, -0.1) is 0 Å². The summed E-state index contributed by atoms with van der Waals surface area (Å²) in [5.74, 6) is 0. The van der Waals surface area contributed by atoms with Crippen molar-refractivity contribution in [2.75, 3.05) is 0 Å². The van der Waals surface area contributed by atoms with Gasteiger partial charge in [0.25, 0.3) is 0 Å². The summed E-state index contributed by atoms with van der Waals surface area (Å²) in [4.78, 5) is 0. The van der Waals surface area contributed by atoms with Crippen LogP contribution in [-0.2, 0) is 0 Å². The summed E-state index contributed by atoms with van der Waals surface area (Å²) >= 11 is 0. The van der Waals surface area contributed by atoms with Crippen molar-refractivity contribution in [2.24, 2.45) is 0 Å². The SMILES string of the molecule is C[B]c1cc2[nH]ncc2cc1C.[HH]. The Morgan fingerprint density at radius 1 is 1.50 bits per heavy atom. The molecule has 61 valence electrons. The van der Waals surface area contributed by atoms with Gasteiger partial charge in [-0.1, -0.05) is 17.8 Å². The highest BCUT2D eigenvalue weighted by atomic mass is 15.1. The van der Waals surface area contributed by atoms with E-state index in [2.05, 4.69) is 36.5 Å².